The molecule has 4 heterocycles. The monoisotopic (exact) mass is 571 g/mol. The molecule has 0 bridgehead atoms. The van der Waals surface area contributed by atoms with Gasteiger partial charge in [-0.2, -0.15) is 15.1 Å². The van der Waals surface area contributed by atoms with E-state index in [4.69, 9.17) is 14.7 Å². The number of hydrogen-bond donors (Lipinski definition) is 2. The second-order valence-electron chi connectivity index (χ2n) is 12.8. The van der Waals surface area contributed by atoms with Gasteiger partial charge in [0.05, 0.1) is 22.9 Å². The van der Waals surface area contributed by atoms with Gasteiger partial charge in [-0.25, -0.2) is 18.3 Å². The van der Waals surface area contributed by atoms with Crippen molar-refractivity contribution in [3.8, 4) is 5.69 Å². The van der Waals surface area contributed by atoms with Gasteiger partial charge in [0, 0.05) is 37.8 Å². The molecule has 12 heteroatoms. The Labute approximate surface area is 238 Å². The lowest BCUT2D eigenvalue weighted by atomic mass is 9.88. The van der Waals surface area contributed by atoms with E-state index in [1.54, 1.807) is 27.9 Å². The molecule has 5 rings (SSSR count). The first-order chi connectivity index (χ1) is 19.3. The summed E-state index contributed by atoms with van der Waals surface area (Å²) in [6.45, 7) is 11.6. The third kappa shape index (κ3) is 6.86. The molecule has 2 aliphatic heterocycles. The van der Waals surface area contributed by atoms with Crippen LogP contribution in [-0.2, 0) is 4.74 Å². The van der Waals surface area contributed by atoms with Crippen molar-refractivity contribution in [3.05, 3.63) is 36.0 Å². The zero-order chi connectivity index (χ0) is 29.5. The summed E-state index contributed by atoms with van der Waals surface area (Å²) >= 11 is 0. The molecule has 41 heavy (non-hydrogen) atoms. The van der Waals surface area contributed by atoms with Crippen LogP contribution in [0.5, 0.6) is 0 Å². The Balaban J connectivity index is 1.45. The van der Waals surface area contributed by atoms with Gasteiger partial charge in [0.15, 0.2) is 5.65 Å². The van der Waals surface area contributed by atoms with Crippen molar-refractivity contribution in [2.45, 2.75) is 77.6 Å². The van der Waals surface area contributed by atoms with Crippen LogP contribution in [0.1, 0.15) is 65.9 Å². The number of alkyl halides is 2. The number of aliphatic hydroxyl groups is 1. The van der Waals surface area contributed by atoms with Crippen LogP contribution in [0.4, 0.5) is 25.3 Å². The third-order valence-electron chi connectivity index (χ3n) is 7.23. The van der Waals surface area contributed by atoms with Crippen molar-refractivity contribution in [1.29, 1.82) is 0 Å². The fourth-order valence-electron chi connectivity index (χ4n) is 5.53. The molecule has 0 unspecified atom stereocenters. The number of likely N-dealkylation sites (tertiary alicyclic amines) is 1. The standard InChI is InChI=1S/C29H39F2N7O3/c1-28(2,3)41-27(39)36-11-7-9-20(17-36)33-26-34-24(37-15-18(16-37)13-29(4,5)40)22-14-32-38(25(22)35-26)21-10-6-8-19(12-21)23(30)31/h6,8,10,12,14,18,20,23,40H,7,9,11,13,15-17H2,1-5H3,(H,33,34,35)/t20-/m0/s1. The lowest BCUT2D eigenvalue weighted by molar-refractivity contribution is 0.0206. The summed E-state index contributed by atoms with van der Waals surface area (Å²) in [4.78, 5) is 26.2. The molecule has 0 saturated carbocycles. The Morgan fingerprint density at radius 3 is 2.61 bits per heavy atom. The van der Waals surface area contributed by atoms with E-state index < -0.39 is 17.6 Å². The Bertz CT molecular complexity index is 1390. The first-order valence-electron chi connectivity index (χ1n) is 14.1. The average molecular weight is 572 g/mol. The highest BCUT2D eigenvalue weighted by Gasteiger charge is 2.34. The van der Waals surface area contributed by atoms with Gasteiger partial charge in [-0.1, -0.05) is 12.1 Å². The van der Waals surface area contributed by atoms with Crippen LogP contribution in [0, 0.1) is 5.92 Å². The summed E-state index contributed by atoms with van der Waals surface area (Å²) in [6.07, 6.45) is 1.00. The maximum absolute atomic E-state index is 13.5. The van der Waals surface area contributed by atoms with Crippen molar-refractivity contribution in [3.63, 3.8) is 0 Å². The molecule has 2 saturated heterocycles. The van der Waals surface area contributed by atoms with Crippen molar-refractivity contribution < 1.29 is 23.4 Å². The normalized spacial score (nSPS) is 18.6. The largest absolute Gasteiger partial charge is 0.444 e. The van der Waals surface area contributed by atoms with Gasteiger partial charge in [0.1, 0.15) is 11.4 Å². The van der Waals surface area contributed by atoms with E-state index in [-0.39, 0.29) is 17.7 Å². The second kappa shape index (κ2) is 11.0. The number of benzene rings is 1. The highest BCUT2D eigenvalue weighted by Crippen LogP contribution is 2.35. The smallest absolute Gasteiger partial charge is 0.410 e. The van der Waals surface area contributed by atoms with E-state index in [0.717, 1.165) is 25.9 Å². The predicted octanol–water partition coefficient (Wildman–Crippen LogP) is 5.16. The van der Waals surface area contributed by atoms with Crippen LogP contribution in [0.3, 0.4) is 0 Å². The van der Waals surface area contributed by atoms with Crippen LogP contribution in [0.15, 0.2) is 30.5 Å². The maximum atomic E-state index is 13.5. The lowest BCUT2D eigenvalue weighted by Crippen LogP contribution is -2.50. The predicted molar refractivity (Wildman–Crippen MR) is 153 cm³/mol. The summed E-state index contributed by atoms with van der Waals surface area (Å²) in [7, 11) is 0. The number of amides is 1. The minimum atomic E-state index is -2.60. The van der Waals surface area contributed by atoms with E-state index in [1.165, 1.54) is 12.1 Å². The summed E-state index contributed by atoms with van der Waals surface area (Å²) in [5.74, 6) is 1.39. The number of halogens is 2. The van der Waals surface area contributed by atoms with Crippen LogP contribution >= 0.6 is 0 Å². The molecule has 1 atom stereocenters. The number of nitrogens with zero attached hydrogens (tertiary/aromatic N) is 6. The topological polar surface area (TPSA) is 109 Å². The Morgan fingerprint density at radius 2 is 1.93 bits per heavy atom. The average Bonchev–Trinajstić information content (AvgIpc) is 3.28. The first-order valence-corrected chi connectivity index (χ1v) is 14.1. The highest BCUT2D eigenvalue weighted by molar-refractivity contribution is 5.89. The molecule has 10 nitrogen and oxygen atoms in total. The number of rotatable bonds is 7. The Hall–Kier alpha value is -3.54. The number of aromatic nitrogens is 4. The minimum Gasteiger partial charge on any atom is -0.444 e. The fraction of sp³-hybridized carbons (Fsp3) is 0.586. The van der Waals surface area contributed by atoms with Gasteiger partial charge < -0.3 is 25.0 Å². The zero-order valence-corrected chi connectivity index (χ0v) is 24.3. The molecule has 222 valence electrons. The van der Waals surface area contributed by atoms with Crippen LogP contribution in [0.25, 0.3) is 16.7 Å². The Morgan fingerprint density at radius 1 is 1.17 bits per heavy atom. The van der Waals surface area contributed by atoms with Gasteiger partial charge in [0.2, 0.25) is 5.95 Å². The van der Waals surface area contributed by atoms with E-state index in [0.29, 0.717) is 53.9 Å². The van der Waals surface area contributed by atoms with Gasteiger partial charge in [-0.3, -0.25) is 0 Å². The van der Waals surface area contributed by atoms with E-state index in [1.807, 2.05) is 34.6 Å². The van der Waals surface area contributed by atoms with Crippen LogP contribution in [-0.4, -0.2) is 79.3 Å². The molecule has 2 fully saturated rings. The van der Waals surface area contributed by atoms with Gasteiger partial charge >= 0.3 is 6.09 Å². The molecular weight excluding hydrogens is 532 g/mol. The number of anilines is 2. The number of carbonyl (C=O) groups is 1. The fourth-order valence-corrected chi connectivity index (χ4v) is 5.53. The molecule has 1 amide bonds. The lowest BCUT2D eigenvalue weighted by Gasteiger charge is -2.42. The number of hydrogen-bond acceptors (Lipinski definition) is 8. The van der Waals surface area contributed by atoms with E-state index in [2.05, 4.69) is 15.3 Å². The number of carbonyl (C=O) groups excluding carboxylic acids is 1. The number of fused-ring (bicyclic) bond motifs is 1. The molecule has 1 aromatic carbocycles. The van der Waals surface area contributed by atoms with Gasteiger partial charge in [-0.15, -0.1) is 0 Å². The first kappa shape index (κ1) is 29.0. The molecule has 2 N–H and O–H groups in total. The quantitative estimate of drug-likeness (QED) is 0.400. The summed E-state index contributed by atoms with van der Waals surface area (Å²) in [5.41, 5.74) is -0.465. The molecule has 0 radical (unpaired) electrons. The van der Waals surface area contributed by atoms with Gasteiger partial charge in [0.25, 0.3) is 6.43 Å². The van der Waals surface area contributed by atoms with Crippen LogP contribution < -0.4 is 10.2 Å². The molecule has 2 aromatic heterocycles. The number of piperidine rings is 1. The molecule has 0 spiro atoms. The minimum absolute atomic E-state index is 0.0968. The summed E-state index contributed by atoms with van der Waals surface area (Å²) in [6, 6.07) is 6.00. The van der Waals surface area contributed by atoms with Crippen molar-refractivity contribution >= 4 is 28.9 Å². The summed E-state index contributed by atoms with van der Waals surface area (Å²) in [5, 5.41) is 18.9. The number of ether oxygens (including phenoxy) is 1. The molecule has 2 aliphatic rings. The van der Waals surface area contributed by atoms with Crippen molar-refractivity contribution in [2.75, 3.05) is 36.4 Å². The van der Waals surface area contributed by atoms with Crippen molar-refractivity contribution in [1.82, 2.24) is 24.6 Å². The number of nitrogens with one attached hydrogen (secondary N) is 1. The molecule has 3 aromatic rings. The second-order valence-corrected chi connectivity index (χ2v) is 12.8. The summed E-state index contributed by atoms with van der Waals surface area (Å²) < 4.78 is 34.0. The Kier molecular flexibility index (Phi) is 7.80. The molecular formula is C29H39F2N7O3. The third-order valence-corrected chi connectivity index (χ3v) is 7.23. The van der Waals surface area contributed by atoms with Crippen molar-refractivity contribution in [2.24, 2.45) is 5.92 Å². The maximum Gasteiger partial charge on any atom is 0.410 e. The van der Waals surface area contributed by atoms with Crippen LogP contribution in [0.2, 0.25) is 0 Å². The highest BCUT2D eigenvalue weighted by atomic mass is 19.3. The zero-order valence-electron chi connectivity index (χ0n) is 24.3. The SMILES string of the molecule is CC(C)(O)CC1CN(c2nc(N[C@H]3CCCN(C(=O)OC(C)(C)C)C3)nc3c2cnn3-c2cccc(C(F)F)c2)C1. The van der Waals surface area contributed by atoms with Gasteiger partial charge in [-0.05, 0) is 71.9 Å². The van der Waals surface area contributed by atoms with E-state index in [9.17, 15) is 18.7 Å². The van der Waals surface area contributed by atoms with E-state index >= 15 is 0 Å². The molecule has 0 aliphatic carbocycles.